The summed E-state index contributed by atoms with van der Waals surface area (Å²) >= 11 is 0. The maximum absolute atomic E-state index is 13.7. The van der Waals surface area contributed by atoms with E-state index in [2.05, 4.69) is 0 Å². The Morgan fingerprint density at radius 1 is 1.29 bits per heavy atom. The lowest BCUT2D eigenvalue weighted by Gasteiger charge is -2.02. The van der Waals surface area contributed by atoms with E-state index in [0.717, 1.165) is 5.56 Å². The van der Waals surface area contributed by atoms with Gasteiger partial charge < -0.3 is 9.52 Å². The molecule has 0 aliphatic rings. The minimum Gasteiger partial charge on any atom is -0.461 e. The lowest BCUT2D eigenvalue weighted by Crippen LogP contribution is -2.02. The van der Waals surface area contributed by atoms with Gasteiger partial charge >= 0.3 is 0 Å². The summed E-state index contributed by atoms with van der Waals surface area (Å²) in [4.78, 5) is 0. The maximum Gasteiger partial charge on any atom is 0.137 e. The van der Waals surface area contributed by atoms with Gasteiger partial charge in [-0.2, -0.15) is 0 Å². The van der Waals surface area contributed by atoms with Crippen molar-refractivity contribution in [2.45, 2.75) is 26.4 Å². The van der Waals surface area contributed by atoms with Crippen LogP contribution in [0.15, 0.2) is 34.7 Å². The van der Waals surface area contributed by atoms with Crippen molar-refractivity contribution in [2.24, 2.45) is 0 Å². The second kappa shape index (κ2) is 4.72. The number of aliphatic hydroxyl groups is 1. The molecule has 17 heavy (non-hydrogen) atoms. The zero-order chi connectivity index (χ0) is 12.4. The van der Waals surface area contributed by atoms with E-state index in [9.17, 15) is 9.50 Å². The summed E-state index contributed by atoms with van der Waals surface area (Å²) in [5.74, 6) is 0.871. The van der Waals surface area contributed by atoms with Crippen molar-refractivity contribution in [3.8, 4) is 11.3 Å². The van der Waals surface area contributed by atoms with Crippen molar-refractivity contribution in [2.75, 3.05) is 0 Å². The molecule has 0 aliphatic heterocycles. The van der Waals surface area contributed by atoms with Crippen LogP contribution < -0.4 is 0 Å². The summed E-state index contributed by atoms with van der Waals surface area (Å²) in [6, 6.07) is 8.52. The first-order valence-electron chi connectivity index (χ1n) is 5.59. The van der Waals surface area contributed by atoms with Crippen LogP contribution in [0.1, 0.15) is 18.2 Å². The predicted octanol–water partition coefficient (Wildman–Crippen LogP) is 3.32. The Kier molecular flexibility index (Phi) is 3.29. The number of hydrogen-bond donors (Lipinski definition) is 1. The fourth-order valence-corrected chi connectivity index (χ4v) is 1.74. The Labute approximate surface area is 99.7 Å². The van der Waals surface area contributed by atoms with Crippen LogP contribution in [-0.2, 0) is 6.42 Å². The Morgan fingerprint density at radius 3 is 2.71 bits per heavy atom. The number of benzene rings is 1. The third-order valence-electron chi connectivity index (χ3n) is 2.55. The molecule has 0 radical (unpaired) electrons. The third kappa shape index (κ3) is 2.74. The summed E-state index contributed by atoms with van der Waals surface area (Å²) < 4.78 is 19.2. The molecule has 0 saturated carbocycles. The number of rotatable bonds is 3. The van der Waals surface area contributed by atoms with Crippen molar-refractivity contribution < 1.29 is 13.9 Å². The van der Waals surface area contributed by atoms with Gasteiger partial charge in [-0.25, -0.2) is 4.39 Å². The molecule has 1 N–H and O–H groups in total. The first-order chi connectivity index (χ1) is 8.06. The summed E-state index contributed by atoms with van der Waals surface area (Å²) in [5, 5.41) is 9.24. The zero-order valence-electron chi connectivity index (χ0n) is 9.90. The SMILES string of the molecule is Cc1ccc(-c2ccc(CC(C)O)o2)c(F)c1. The van der Waals surface area contributed by atoms with E-state index in [1.807, 2.05) is 13.0 Å². The molecule has 3 heteroatoms. The number of hydrogen-bond acceptors (Lipinski definition) is 2. The molecule has 0 spiro atoms. The molecule has 90 valence electrons. The lowest BCUT2D eigenvalue weighted by molar-refractivity contribution is 0.187. The van der Waals surface area contributed by atoms with Crippen LogP contribution in [0.2, 0.25) is 0 Å². The molecule has 0 bridgehead atoms. The molecule has 0 fully saturated rings. The van der Waals surface area contributed by atoms with Crippen molar-refractivity contribution in [3.05, 3.63) is 47.5 Å². The van der Waals surface area contributed by atoms with E-state index in [1.165, 1.54) is 6.07 Å². The van der Waals surface area contributed by atoms with Crippen LogP contribution in [0.25, 0.3) is 11.3 Å². The maximum atomic E-state index is 13.7. The predicted molar refractivity (Wildman–Crippen MR) is 64.2 cm³/mol. The van der Waals surface area contributed by atoms with E-state index in [-0.39, 0.29) is 5.82 Å². The average molecular weight is 234 g/mol. The number of aryl methyl sites for hydroxylation is 1. The molecule has 0 aliphatic carbocycles. The average Bonchev–Trinajstić information content (AvgIpc) is 2.65. The molecule has 1 unspecified atom stereocenters. The Hall–Kier alpha value is -1.61. The topological polar surface area (TPSA) is 33.4 Å². The molecule has 0 amide bonds. The van der Waals surface area contributed by atoms with E-state index < -0.39 is 6.10 Å². The van der Waals surface area contributed by atoms with Crippen LogP contribution in [0.5, 0.6) is 0 Å². The fraction of sp³-hybridized carbons (Fsp3) is 0.286. The molecular weight excluding hydrogens is 219 g/mol. The monoisotopic (exact) mass is 234 g/mol. The van der Waals surface area contributed by atoms with Gasteiger partial charge in [-0.05, 0) is 43.7 Å². The number of furan rings is 1. The van der Waals surface area contributed by atoms with Gasteiger partial charge in [0.2, 0.25) is 0 Å². The highest BCUT2D eigenvalue weighted by Gasteiger charge is 2.10. The Bertz CT molecular complexity index is 515. The van der Waals surface area contributed by atoms with Gasteiger partial charge in [0, 0.05) is 6.42 Å². The van der Waals surface area contributed by atoms with Gasteiger partial charge in [0.25, 0.3) is 0 Å². The summed E-state index contributed by atoms with van der Waals surface area (Å²) in [6.07, 6.45) is -0.0233. The van der Waals surface area contributed by atoms with Crippen LogP contribution >= 0.6 is 0 Å². The standard InChI is InChI=1S/C14H15FO2/c1-9-3-5-12(13(15)7-9)14-6-4-11(17-14)8-10(2)16/h3-7,10,16H,8H2,1-2H3. The Balaban J connectivity index is 2.30. The smallest absolute Gasteiger partial charge is 0.137 e. The van der Waals surface area contributed by atoms with Gasteiger partial charge in [-0.1, -0.05) is 6.07 Å². The second-order valence-electron chi connectivity index (χ2n) is 4.30. The van der Waals surface area contributed by atoms with E-state index in [0.29, 0.717) is 23.5 Å². The van der Waals surface area contributed by atoms with Crippen LogP contribution in [0, 0.1) is 12.7 Å². The molecule has 1 heterocycles. The minimum absolute atomic E-state index is 0.289. The van der Waals surface area contributed by atoms with Crippen molar-refractivity contribution >= 4 is 0 Å². The molecular formula is C14H15FO2. The lowest BCUT2D eigenvalue weighted by atomic mass is 10.1. The highest BCUT2D eigenvalue weighted by Crippen LogP contribution is 2.26. The molecule has 0 saturated heterocycles. The highest BCUT2D eigenvalue weighted by atomic mass is 19.1. The van der Waals surface area contributed by atoms with Gasteiger partial charge in [0.1, 0.15) is 17.3 Å². The van der Waals surface area contributed by atoms with E-state index in [4.69, 9.17) is 4.42 Å². The van der Waals surface area contributed by atoms with Crippen molar-refractivity contribution in [3.63, 3.8) is 0 Å². The summed E-state index contributed by atoms with van der Waals surface area (Å²) in [5.41, 5.74) is 1.33. The highest BCUT2D eigenvalue weighted by molar-refractivity contribution is 5.58. The third-order valence-corrected chi connectivity index (χ3v) is 2.55. The quantitative estimate of drug-likeness (QED) is 0.883. The minimum atomic E-state index is -0.461. The van der Waals surface area contributed by atoms with Crippen molar-refractivity contribution in [1.82, 2.24) is 0 Å². The first-order valence-corrected chi connectivity index (χ1v) is 5.59. The molecule has 2 nitrogen and oxygen atoms in total. The number of aliphatic hydroxyl groups excluding tert-OH is 1. The van der Waals surface area contributed by atoms with E-state index in [1.54, 1.807) is 25.1 Å². The number of halogens is 1. The molecule has 1 aromatic carbocycles. The van der Waals surface area contributed by atoms with Crippen molar-refractivity contribution in [1.29, 1.82) is 0 Å². The van der Waals surface area contributed by atoms with Gasteiger partial charge in [0.05, 0.1) is 11.7 Å². The summed E-state index contributed by atoms with van der Waals surface area (Å²) in [7, 11) is 0. The largest absolute Gasteiger partial charge is 0.461 e. The van der Waals surface area contributed by atoms with E-state index >= 15 is 0 Å². The van der Waals surface area contributed by atoms with Crippen LogP contribution in [0.3, 0.4) is 0 Å². The molecule has 2 aromatic rings. The molecule has 1 atom stereocenters. The summed E-state index contributed by atoms with van der Waals surface area (Å²) in [6.45, 7) is 3.53. The van der Waals surface area contributed by atoms with Gasteiger partial charge in [0.15, 0.2) is 0 Å². The molecule has 1 aromatic heterocycles. The normalized spacial score (nSPS) is 12.7. The Morgan fingerprint density at radius 2 is 2.06 bits per heavy atom. The van der Waals surface area contributed by atoms with Gasteiger partial charge in [-0.3, -0.25) is 0 Å². The van der Waals surface area contributed by atoms with Crippen LogP contribution in [0.4, 0.5) is 4.39 Å². The second-order valence-corrected chi connectivity index (χ2v) is 4.30. The molecule has 2 rings (SSSR count). The van der Waals surface area contributed by atoms with Gasteiger partial charge in [-0.15, -0.1) is 0 Å². The van der Waals surface area contributed by atoms with Crippen LogP contribution in [-0.4, -0.2) is 11.2 Å². The zero-order valence-corrected chi connectivity index (χ0v) is 9.90. The first kappa shape index (κ1) is 11.9. The fourth-order valence-electron chi connectivity index (χ4n) is 1.74.